The molecule has 9 aliphatic rings. The molecule has 7 aromatic carbocycles. The Kier molecular flexibility index (Phi) is 28.7. The number of alkyl halides is 3. The Bertz CT molecular complexity index is 6320. The number of fused-ring (bicyclic) bond motifs is 7. The van der Waals surface area contributed by atoms with Gasteiger partial charge < -0.3 is 36.4 Å². The van der Waals surface area contributed by atoms with E-state index in [2.05, 4.69) is 133 Å². The molecule has 4 saturated heterocycles. The van der Waals surface area contributed by atoms with Crippen molar-refractivity contribution in [2.45, 2.75) is 185 Å². The van der Waals surface area contributed by atoms with Gasteiger partial charge in [0.05, 0.1) is 38.9 Å². The summed E-state index contributed by atoms with van der Waals surface area (Å²) in [6.45, 7) is 4.52. The van der Waals surface area contributed by atoms with Crippen LogP contribution in [-0.2, 0) is 73.5 Å². The summed E-state index contributed by atoms with van der Waals surface area (Å²) in [6.07, 6.45) is 19.0. The summed E-state index contributed by atoms with van der Waals surface area (Å²) >= 11 is 0. The van der Waals surface area contributed by atoms with E-state index >= 15 is 0 Å². The van der Waals surface area contributed by atoms with Gasteiger partial charge in [0, 0.05) is 101 Å². The number of anilines is 9. The number of halogens is 3. The highest BCUT2D eigenvalue weighted by Gasteiger charge is 2.49. The Hall–Kier alpha value is -15.0. The SMILES string of the molecule is O=C1CCC(N2C(=O)c3cccc(CCCCCCNc4ccnc(N5CCN(c6cccc(C(F)(F)F)c6)CC5)n4)c3C2=O)C(=O)N1.O=C1CCC(N2C(=O)c3cccc(CCCCCCNc4ccnc(Nc5ccc6c(c5)CCC6)n4)c3C2=O)C(=O)N1.O=C1CCC(N2C(=O)c3cccc(CCCCCCNc4ccnc(Nc5ccc6c(c5)Cc5ccccc5-6)n4)c3C2=O)C(=O)N1. The number of carbonyl (C=O) groups is 12. The van der Waals surface area contributed by atoms with Gasteiger partial charge in [-0.3, -0.25) is 88.2 Å². The number of piperazine rings is 1. The fraction of sp³-hybridized carbons (Fsp3) is 0.353. The molecule has 7 aliphatic heterocycles. The molecule has 8 N–H and O–H groups in total. The van der Waals surface area contributed by atoms with Gasteiger partial charge in [0.1, 0.15) is 35.6 Å². The van der Waals surface area contributed by atoms with E-state index in [1.807, 2.05) is 40.1 Å². The number of nitrogens with one attached hydrogen (secondary N) is 8. The highest BCUT2D eigenvalue weighted by molar-refractivity contribution is 6.26. The molecule has 0 radical (unpaired) electrons. The van der Waals surface area contributed by atoms with Crippen LogP contribution in [0.3, 0.4) is 0 Å². The van der Waals surface area contributed by atoms with E-state index in [-0.39, 0.29) is 50.3 Å². The standard InChI is InChI=1S/C36H34N6O4.C34H36F3N7O4.C32H34N6O4/c43-31-16-15-29(33(44)41-31)42-34(45)28-12-7-10-22(32(28)35(42)46)8-3-1-2-6-18-37-30-17-19-38-36(40-30)39-25-13-14-27-24(21-25)20-23-9-4-5-11-26(23)27;35-34(36,37)23-9-6-10-24(21-23)42-17-19-43(20-18-42)33-39-16-14-27(40-33)38-15-4-2-1-3-7-22-8-5-11-25-29(22)32(48)44(31(25)47)26-12-13-28(45)41-30(26)46;39-27-15-14-25(29(40)37-27)38-30(41)24-11-6-9-21(28(24)31(38)42)7-3-1-2-4-17-33-26-16-18-34-32(36-26)35-23-13-12-20-8-5-10-22(20)19-23/h4-5,7,9-14,17,19,21,29H,1-3,6,8,15-16,18,20H2,(H,41,43,44)(H2,37,38,39,40);5-6,8-11,14,16,21,26H,1-4,7,12-13,15,17-20H2,(H,38,39,40)(H,41,45,46);6,9,11-13,16,18-19,25H,1-5,7-8,10,14-15,17H2,(H,37,39,40)(H2,33,34,35,36). The van der Waals surface area contributed by atoms with E-state index < -0.39 is 88.9 Å². The maximum Gasteiger partial charge on any atom is 0.416 e. The van der Waals surface area contributed by atoms with Gasteiger partial charge in [-0.15, -0.1) is 0 Å². The first-order valence-electron chi connectivity index (χ1n) is 46.8. The van der Waals surface area contributed by atoms with Gasteiger partial charge in [-0.05, 0) is 232 Å². The fourth-order valence-electron chi connectivity index (χ4n) is 19.2. The third-order valence-electron chi connectivity index (χ3n) is 26.2. The van der Waals surface area contributed by atoms with Crippen molar-refractivity contribution < 1.29 is 70.7 Å². The summed E-state index contributed by atoms with van der Waals surface area (Å²) in [5.74, 6) is -1.87. The first-order chi connectivity index (χ1) is 66.0. The average Bonchev–Trinajstić information content (AvgIpc) is 1.62. The quantitative estimate of drug-likeness (QED) is 0.0140. The van der Waals surface area contributed by atoms with Gasteiger partial charge in [-0.25, -0.2) is 15.0 Å². The molecule has 4 fully saturated rings. The van der Waals surface area contributed by atoms with Crippen molar-refractivity contribution >= 4 is 123 Å². The number of unbranched alkanes of at least 4 members (excludes halogenated alkanes) is 9. The number of nitrogens with zero attached hydrogens (tertiary/aromatic N) is 11. The molecule has 3 aromatic heterocycles. The van der Waals surface area contributed by atoms with Gasteiger partial charge in [-0.1, -0.05) is 117 Å². The molecule has 700 valence electrons. The predicted octanol–water partition coefficient (Wildman–Crippen LogP) is 14.2. The molecule has 136 heavy (non-hydrogen) atoms. The lowest BCUT2D eigenvalue weighted by atomic mass is 9.97. The number of hydrogen-bond acceptors (Lipinski definition) is 25. The summed E-state index contributed by atoms with van der Waals surface area (Å²) in [5.41, 5.74) is 14.5. The van der Waals surface area contributed by atoms with Gasteiger partial charge in [0.15, 0.2) is 0 Å². The third-order valence-corrected chi connectivity index (χ3v) is 26.2. The molecule has 2 aliphatic carbocycles. The van der Waals surface area contributed by atoms with Gasteiger partial charge in [0.25, 0.3) is 35.4 Å². The number of carbonyl (C=O) groups excluding carboxylic acids is 12. The number of imide groups is 6. The Labute approximate surface area is 782 Å². The number of hydrogen-bond donors (Lipinski definition) is 8. The summed E-state index contributed by atoms with van der Waals surface area (Å²) in [5, 5.41) is 23.5. The zero-order chi connectivity index (χ0) is 94.5. The van der Waals surface area contributed by atoms with Gasteiger partial charge in [0.2, 0.25) is 53.3 Å². The number of aromatic nitrogens is 6. The van der Waals surface area contributed by atoms with E-state index in [1.165, 1.54) is 51.9 Å². The maximum atomic E-state index is 13.3. The molecule has 3 unspecified atom stereocenters. The first-order valence-corrected chi connectivity index (χ1v) is 46.8. The Morgan fingerprint density at radius 3 is 1.23 bits per heavy atom. The van der Waals surface area contributed by atoms with E-state index in [9.17, 15) is 70.7 Å². The zero-order valence-electron chi connectivity index (χ0n) is 75.1. The lowest BCUT2D eigenvalue weighted by molar-refractivity contribution is -0.138. The van der Waals surface area contributed by atoms with Crippen LogP contribution >= 0.6 is 0 Å². The molecular weight excluding hydrogens is 1740 g/mol. The molecule has 34 heteroatoms. The second-order valence-electron chi connectivity index (χ2n) is 35.2. The fourth-order valence-corrected chi connectivity index (χ4v) is 19.2. The van der Waals surface area contributed by atoms with Gasteiger partial charge >= 0.3 is 6.18 Å². The predicted molar refractivity (Wildman–Crippen MR) is 503 cm³/mol. The van der Waals surface area contributed by atoms with Crippen molar-refractivity contribution in [3.05, 3.63) is 254 Å². The third kappa shape index (κ3) is 21.3. The Morgan fingerprint density at radius 2 is 0.757 bits per heavy atom. The minimum absolute atomic E-state index is 0.0797. The summed E-state index contributed by atoms with van der Waals surface area (Å²) in [4.78, 5) is 185. The second-order valence-corrected chi connectivity index (χ2v) is 35.2. The minimum atomic E-state index is -4.38. The summed E-state index contributed by atoms with van der Waals surface area (Å²) < 4.78 is 39.4. The number of benzene rings is 7. The molecule has 3 atom stereocenters. The normalized spacial score (nSPS) is 17.6. The number of piperidine rings is 3. The Morgan fingerprint density at radius 1 is 0.353 bits per heavy atom. The monoisotopic (exact) mass is 1840 g/mol. The van der Waals surface area contributed by atoms with Crippen LogP contribution < -0.4 is 52.3 Å². The van der Waals surface area contributed by atoms with Crippen molar-refractivity contribution in [1.82, 2.24) is 60.6 Å². The van der Waals surface area contributed by atoms with Crippen LogP contribution in [0.15, 0.2) is 176 Å². The molecule has 31 nitrogen and oxygen atoms in total. The van der Waals surface area contributed by atoms with Crippen molar-refractivity contribution in [3.63, 3.8) is 0 Å². The molecule has 0 bridgehead atoms. The second kappa shape index (κ2) is 42.1. The maximum absolute atomic E-state index is 13.3. The zero-order valence-corrected chi connectivity index (χ0v) is 75.1. The summed E-state index contributed by atoms with van der Waals surface area (Å²) in [7, 11) is 0. The van der Waals surface area contributed by atoms with Gasteiger partial charge in [-0.2, -0.15) is 28.1 Å². The van der Waals surface area contributed by atoms with Crippen LogP contribution in [0.5, 0.6) is 0 Å². The van der Waals surface area contributed by atoms with Crippen molar-refractivity contribution in [3.8, 4) is 11.1 Å². The summed E-state index contributed by atoms with van der Waals surface area (Å²) in [6, 6.07) is 45.2. The first kappa shape index (κ1) is 92.8. The van der Waals surface area contributed by atoms with Crippen molar-refractivity contribution in [2.24, 2.45) is 0 Å². The molecule has 0 saturated carbocycles. The lowest BCUT2D eigenvalue weighted by Crippen LogP contribution is -2.54. The average molecular weight is 1850 g/mol. The van der Waals surface area contributed by atoms with Crippen LogP contribution in [0.4, 0.5) is 65.5 Å². The van der Waals surface area contributed by atoms with Crippen LogP contribution in [0, 0.1) is 0 Å². The van der Waals surface area contributed by atoms with E-state index in [0.29, 0.717) is 115 Å². The van der Waals surface area contributed by atoms with E-state index in [4.69, 9.17) is 0 Å². The highest BCUT2D eigenvalue weighted by atomic mass is 19.4. The van der Waals surface area contributed by atoms with Crippen LogP contribution in [0.25, 0.3) is 11.1 Å². The lowest BCUT2D eigenvalue weighted by Gasteiger charge is -2.36. The molecule has 19 rings (SSSR count). The minimum Gasteiger partial charge on any atom is -0.370 e. The smallest absolute Gasteiger partial charge is 0.370 e. The molecule has 10 aromatic rings. The number of aryl methyl sites for hydroxylation is 5. The number of amides is 12. The largest absolute Gasteiger partial charge is 0.416 e. The molecule has 10 heterocycles. The van der Waals surface area contributed by atoms with Crippen LogP contribution in [0.2, 0.25) is 0 Å². The Balaban J connectivity index is 0.000000142. The molecule has 12 amide bonds. The van der Waals surface area contributed by atoms with Crippen LogP contribution in [-0.4, -0.2) is 179 Å². The van der Waals surface area contributed by atoms with E-state index in [1.54, 1.807) is 67.1 Å². The topological polar surface area (TPSA) is 395 Å². The van der Waals surface area contributed by atoms with Crippen molar-refractivity contribution in [2.75, 3.05) is 82.2 Å². The highest BCUT2D eigenvalue weighted by Crippen LogP contribution is 2.41. The molecular formula is C102H104F3N19O12. The molecule has 0 spiro atoms. The number of rotatable bonds is 33. The van der Waals surface area contributed by atoms with Crippen molar-refractivity contribution in [1.29, 1.82) is 0 Å². The van der Waals surface area contributed by atoms with E-state index in [0.717, 1.165) is 170 Å². The van der Waals surface area contributed by atoms with Crippen LogP contribution in [0.1, 0.15) is 229 Å².